The molecule has 0 aliphatic carbocycles. The highest BCUT2D eigenvalue weighted by Crippen LogP contribution is 2.32. The van der Waals surface area contributed by atoms with Crippen molar-refractivity contribution in [1.29, 1.82) is 0 Å². The lowest BCUT2D eigenvalue weighted by molar-refractivity contribution is 0.103. The molecule has 0 spiro atoms. The van der Waals surface area contributed by atoms with Gasteiger partial charge in [-0.2, -0.15) is 0 Å². The average molecular weight is 394 g/mol. The summed E-state index contributed by atoms with van der Waals surface area (Å²) >= 11 is 7.88. The van der Waals surface area contributed by atoms with Gasteiger partial charge in [0.1, 0.15) is 5.82 Å². The summed E-state index contributed by atoms with van der Waals surface area (Å²) in [5.74, 6) is -0.796. The first-order valence-electron chi connectivity index (χ1n) is 4.78. The molecule has 3 N–H and O–H groups in total. The molecule has 94 valence electrons. The molecule has 0 aliphatic heterocycles. The van der Waals surface area contributed by atoms with Crippen molar-refractivity contribution in [3.63, 3.8) is 0 Å². The lowest BCUT2D eigenvalue weighted by Crippen LogP contribution is -2.10. The van der Waals surface area contributed by atoms with Gasteiger partial charge in [-0.05, 0) is 56.1 Å². The number of nitrogens with two attached hydrogens (primary N) is 1. The van der Waals surface area contributed by atoms with E-state index in [9.17, 15) is 9.18 Å². The standard InChI is InChI=1S/C11H7Br2FN2OS/c12-8-4-9(18-10(8)13)11(17)16-7-2-5(14)1-6(15)3-7/h1-4H,15H2,(H,16,17). The highest BCUT2D eigenvalue weighted by atomic mass is 79.9. The van der Waals surface area contributed by atoms with Crippen LogP contribution in [0.4, 0.5) is 15.8 Å². The minimum absolute atomic E-state index is 0.263. The summed E-state index contributed by atoms with van der Waals surface area (Å²) in [6.07, 6.45) is 0. The maximum absolute atomic E-state index is 13.1. The van der Waals surface area contributed by atoms with Gasteiger partial charge in [-0.1, -0.05) is 0 Å². The van der Waals surface area contributed by atoms with Gasteiger partial charge in [0.25, 0.3) is 5.91 Å². The van der Waals surface area contributed by atoms with Crippen LogP contribution in [0.3, 0.4) is 0 Å². The Labute approximate surface area is 123 Å². The number of amides is 1. The summed E-state index contributed by atoms with van der Waals surface area (Å²) in [4.78, 5) is 12.4. The Morgan fingerprint density at radius 3 is 2.56 bits per heavy atom. The summed E-state index contributed by atoms with van der Waals surface area (Å²) in [5, 5.41) is 2.59. The normalized spacial score (nSPS) is 10.4. The van der Waals surface area contributed by atoms with Crippen LogP contribution in [0.2, 0.25) is 0 Å². The number of halogens is 3. The first kappa shape index (κ1) is 13.5. The van der Waals surface area contributed by atoms with Crippen molar-refractivity contribution in [3.05, 3.63) is 43.2 Å². The van der Waals surface area contributed by atoms with E-state index in [0.717, 1.165) is 8.26 Å². The molecular weight excluding hydrogens is 387 g/mol. The fraction of sp³-hybridized carbons (Fsp3) is 0. The topological polar surface area (TPSA) is 55.1 Å². The molecule has 0 saturated heterocycles. The van der Waals surface area contributed by atoms with Crippen molar-refractivity contribution >= 4 is 60.5 Å². The first-order chi connectivity index (χ1) is 8.45. The van der Waals surface area contributed by atoms with E-state index in [2.05, 4.69) is 37.2 Å². The summed E-state index contributed by atoms with van der Waals surface area (Å²) in [6.45, 7) is 0. The number of nitrogen functional groups attached to an aromatic ring is 1. The highest BCUT2D eigenvalue weighted by Gasteiger charge is 2.12. The van der Waals surface area contributed by atoms with E-state index in [4.69, 9.17) is 5.73 Å². The fourth-order valence-electron chi connectivity index (χ4n) is 1.34. The van der Waals surface area contributed by atoms with Gasteiger partial charge in [0.2, 0.25) is 0 Å². The average Bonchev–Trinajstić information content (AvgIpc) is 2.57. The largest absolute Gasteiger partial charge is 0.399 e. The number of nitrogens with one attached hydrogen (secondary N) is 1. The van der Waals surface area contributed by atoms with Gasteiger partial charge in [-0.15, -0.1) is 11.3 Å². The Morgan fingerprint density at radius 2 is 2.00 bits per heavy atom. The van der Waals surface area contributed by atoms with E-state index in [1.807, 2.05) is 0 Å². The number of anilines is 2. The third kappa shape index (κ3) is 3.09. The molecular formula is C11H7Br2FN2OS. The number of hydrogen-bond donors (Lipinski definition) is 2. The van der Waals surface area contributed by atoms with Crippen LogP contribution in [-0.2, 0) is 0 Å². The molecule has 0 atom stereocenters. The summed E-state index contributed by atoms with van der Waals surface area (Å²) < 4.78 is 14.7. The Bertz CT molecular complexity index is 575. The molecule has 1 heterocycles. The van der Waals surface area contributed by atoms with E-state index in [1.165, 1.54) is 29.5 Å². The zero-order valence-electron chi connectivity index (χ0n) is 8.84. The molecule has 7 heteroatoms. The van der Waals surface area contributed by atoms with Crippen molar-refractivity contribution in [1.82, 2.24) is 0 Å². The van der Waals surface area contributed by atoms with Gasteiger partial charge in [0, 0.05) is 15.8 Å². The van der Waals surface area contributed by atoms with Crippen molar-refractivity contribution < 1.29 is 9.18 Å². The van der Waals surface area contributed by atoms with Crippen LogP contribution in [0.25, 0.3) is 0 Å². The molecule has 0 bridgehead atoms. The van der Waals surface area contributed by atoms with Crippen LogP contribution < -0.4 is 11.1 Å². The second-order valence-electron chi connectivity index (χ2n) is 3.46. The van der Waals surface area contributed by atoms with Crippen molar-refractivity contribution in [3.8, 4) is 0 Å². The Kier molecular flexibility index (Phi) is 4.04. The number of thiophene rings is 1. The SMILES string of the molecule is Nc1cc(F)cc(NC(=O)c2cc(Br)c(Br)s2)c1. The zero-order chi connectivity index (χ0) is 13.3. The fourth-order valence-corrected chi connectivity index (χ4v) is 3.27. The molecule has 2 rings (SSSR count). The molecule has 0 radical (unpaired) electrons. The maximum atomic E-state index is 13.1. The van der Waals surface area contributed by atoms with E-state index in [0.29, 0.717) is 10.6 Å². The molecule has 0 fully saturated rings. The van der Waals surface area contributed by atoms with Gasteiger partial charge in [0.15, 0.2) is 0 Å². The molecule has 18 heavy (non-hydrogen) atoms. The minimum Gasteiger partial charge on any atom is -0.399 e. The van der Waals surface area contributed by atoms with E-state index in [1.54, 1.807) is 6.07 Å². The van der Waals surface area contributed by atoms with Gasteiger partial charge < -0.3 is 11.1 Å². The van der Waals surface area contributed by atoms with Crippen molar-refractivity contribution in [2.24, 2.45) is 0 Å². The third-order valence-electron chi connectivity index (χ3n) is 2.05. The predicted molar refractivity (Wildman–Crippen MR) is 78.5 cm³/mol. The van der Waals surface area contributed by atoms with E-state index >= 15 is 0 Å². The molecule has 1 aromatic heterocycles. The number of hydrogen-bond acceptors (Lipinski definition) is 3. The Hall–Kier alpha value is -0.920. The highest BCUT2D eigenvalue weighted by molar-refractivity contribution is 9.13. The smallest absolute Gasteiger partial charge is 0.265 e. The van der Waals surface area contributed by atoms with Crippen molar-refractivity contribution in [2.45, 2.75) is 0 Å². The Balaban J connectivity index is 2.21. The number of carbonyl (C=O) groups excluding carboxylic acids is 1. The third-order valence-corrected chi connectivity index (χ3v) is 5.30. The first-order valence-corrected chi connectivity index (χ1v) is 7.18. The van der Waals surface area contributed by atoms with Gasteiger partial charge in [-0.3, -0.25) is 4.79 Å². The lowest BCUT2D eigenvalue weighted by atomic mass is 10.2. The van der Waals surface area contributed by atoms with Crippen LogP contribution in [-0.4, -0.2) is 5.91 Å². The van der Waals surface area contributed by atoms with Gasteiger partial charge >= 0.3 is 0 Å². The monoisotopic (exact) mass is 392 g/mol. The second-order valence-corrected chi connectivity index (χ2v) is 6.68. The maximum Gasteiger partial charge on any atom is 0.265 e. The van der Waals surface area contributed by atoms with Crippen LogP contribution in [0.15, 0.2) is 32.5 Å². The van der Waals surface area contributed by atoms with E-state index < -0.39 is 5.82 Å². The summed E-state index contributed by atoms with van der Waals surface area (Å²) in [6, 6.07) is 5.59. The Morgan fingerprint density at radius 1 is 1.28 bits per heavy atom. The van der Waals surface area contributed by atoms with Crippen LogP contribution in [0.1, 0.15) is 9.67 Å². The molecule has 0 unspecified atom stereocenters. The summed E-state index contributed by atoms with van der Waals surface area (Å²) in [7, 11) is 0. The minimum atomic E-state index is -0.487. The lowest BCUT2D eigenvalue weighted by Gasteiger charge is -2.04. The summed E-state index contributed by atoms with van der Waals surface area (Å²) in [5.41, 5.74) is 6.09. The van der Waals surface area contributed by atoms with Gasteiger partial charge in [-0.25, -0.2) is 4.39 Å². The molecule has 0 aliphatic rings. The molecule has 1 aromatic carbocycles. The molecule has 0 saturated carbocycles. The van der Waals surface area contributed by atoms with E-state index in [-0.39, 0.29) is 11.6 Å². The van der Waals surface area contributed by atoms with Crippen LogP contribution >= 0.6 is 43.2 Å². The van der Waals surface area contributed by atoms with Gasteiger partial charge in [0.05, 0.1) is 8.66 Å². The van der Waals surface area contributed by atoms with Crippen LogP contribution in [0.5, 0.6) is 0 Å². The second kappa shape index (κ2) is 5.38. The quantitative estimate of drug-likeness (QED) is 0.749. The molecule has 1 amide bonds. The number of rotatable bonds is 2. The number of benzene rings is 1. The predicted octanol–water partition coefficient (Wildman–Crippen LogP) is 4.25. The number of carbonyl (C=O) groups is 1. The van der Waals surface area contributed by atoms with Crippen LogP contribution in [0, 0.1) is 5.82 Å². The van der Waals surface area contributed by atoms with Crippen molar-refractivity contribution in [2.75, 3.05) is 11.1 Å². The molecule has 2 aromatic rings. The molecule has 3 nitrogen and oxygen atoms in total. The zero-order valence-corrected chi connectivity index (χ0v) is 12.8.